The van der Waals surface area contributed by atoms with Gasteiger partial charge in [-0.15, -0.1) is 0 Å². The Balaban J connectivity index is 2.08. The number of amides is 1. The highest BCUT2D eigenvalue weighted by Gasteiger charge is 2.50. The van der Waals surface area contributed by atoms with Crippen LogP contribution in [0, 0.1) is 5.92 Å². The number of fused-ring (bicyclic) bond motifs is 2. The second-order valence-electron chi connectivity index (χ2n) is 5.15. The number of anilines is 1. The average Bonchev–Trinajstić information content (AvgIpc) is 2.58. The van der Waals surface area contributed by atoms with Gasteiger partial charge in [-0.1, -0.05) is 25.1 Å². The molecule has 2 atom stereocenters. The summed E-state index contributed by atoms with van der Waals surface area (Å²) in [5.74, 6) is 0.339. The van der Waals surface area contributed by atoms with Gasteiger partial charge in [0, 0.05) is 18.0 Å². The first-order valence-electron chi connectivity index (χ1n) is 6.07. The fourth-order valence-electron chi connectivity index (χ4n) is 3.15. The Morgan fingerprint density at radius 2 is 2.06 bits per heavy atom. The van der Waals surface area contributed by atoms with Crippen molar-refractivity contribution in [1.29, 1.82) is 0 Å². The lowest BCUT2D eigenvalue weighted by molar-refractivity contribution is -0.129. The minimum absolute atomic E-state index is 0.0133. The van der Waals surface area contributed by atoms with E-state index >= 15 is 0 Å². The van der Waals surface area contributed by atoms with Crippen molar-refractivity contribution in [2.24, 2.45) is 5.92 Å². The lowest BCUT2D eigenvalue weighted by atomic mass is 9.66. The van der Waals surface area contributed by atoms with Gasteiger partial charge in [-0.05, 0) is 24.5 Å². The van der Waals surface area contributed by atoms with Crippen molar-refractivity contribution in [2.45, 2.75) is 31.6 Å². The van der Waals surface area contributed by atoms with Crippen LogP contribution in [0.2, 0.25) is 0 Å². The third-order valence-electron chi connectivity index (χ3n) is 4.13. The van der Waals surface area contributed by atoms with Gasteiger partial charge < -0.3 is 5.32 Å². The molecule has 1 aromatic carbocycles. The summed E-state index contributed by atoms with van der Waals surface area (Å²) in [5, 5.41) is 2.94. The highest BCUT2D eigenvalue weighted by atomic mass is 16.2. The van der Waals surface area contributed by atoms with Gasteiger partial charge in [-0.3, -0.25) is 9.59 Å². The molecule has 17 heavy (non-hydrogen) atoms. The van der Waals surface area contributed by atoms with Crippen LogP contribution in [0.4, 0.5) is 5.69 Å². The fraction of sp³-hybridized carbons (Fsp3) is 0.429. The van der Waals surface area contributed by atoms with Gasteiger partial charge in [0.15, 0.2) is 0 Å². The predicted octanol–water partition coefficient (Wildman–Crippen LogP) is 2.27. The minimum Gasteiger partial charge on any atom is -0.325 e. The molecule has 3 nitrogen and oxygen atoms in total. The molecule has 1 amide bonds. The molecule has 2 unspecified atom stereocenters. The molecule has 0 bridgehead atoms. The summed E-state index contributed by atoms with van der Waals surface area (Å²) in [6.45, 7) is 1.93. The lowest BCUT2D eigenvalue weighted by Crippen LogP contribution is -2.41. The van der Waals surface area contributed by atoms with Crippen LogP contribution in [0.3, 0.4) is 0 Å². The smallest absolute Gasteiger partial charge is 0.235 e. The monoisotopic (exact) mass is 229 g/mol. The molecule has 1 saturated carbocycles. The number of para-hydroxylation sites is 1. The molecule has 88 valence electrons. The van der Waals surface area contributed by atoms with Crippen LogP contribution in [-0.2, 0) is 15.0 Å². The van der Waals surface area contributed by atoms with Crippen molar-refractivity contribution in [3.8, 4) is 0 Å². The van der Waals surface area contributed by atoms with Gasteiger partial charge in [-0.2, -0.15) is 0 Å². The van der Waals surface area contributed by atoms with E-state index in [0.29, 0.717) is 19.3 Å². The Hall–Kier alpha value is -1.64. The summed E-state index contributed by atoms with van der Waals surface area (Å²) in [4.78, 5) is 23.9. The number of hydrogen-bond donors (Lipinski definition) is 1. The first-order chi connectivity index (χ1) is 8.13. The molecule has 2 aliphatic rings. The zero-order valence-corrected chi connectivity index (χ0v) is 9.82. The molecule has 3 heteroatoms. The summed E-state index contributed by atoms with van der Waals surface area (Å²) in [7, 11) is 0. The van der Waals surface area contributed by atoms with Crippen LogP contribution in [0.1, 0.15) is 31.7 Å². The SMILES string of the molecule is CC1CC2(CCC1=O)C(=O)Nc1ccccc12. The van der Waals surface area contributed by atoms with Crippen molar-refractivity contribution < 1.29 is 9.59 Å². The van der Waals surface area contributed by atoms with Crippen molar-refractivity contribution in [3.05, 3.63) is 29.8 Å². The van der Waals surface area contributed by atoms with Crippen LogP contribution in [0.15, 0.2) is 24.3 Å². The van der Waals surface area contributed by atoms with Gasteiger partial charge in [0.1, 0.15) is 5.78 Å². The Kier molecular flexibility index (Phi) is 2.12. The first-order valence-corrected chi connectivity index (χ1v) is 6.07. The molecule has 3 rings (SSSR count). The van der Waals surface area contributed by atoms with Crippen molar-refractivity contribution in [1.82, 2.24) is 0 Å². The molecule has 1 N–H and O–H groups in total. The Labute approximate surface area is 100 Å². The van der Waals surface area contributed by atoms with E-state index in [1.54, 1.807) is 0 Å². The van der Waals surface area contributed by atoms with Crippen molar-refractivity contribution in [3.63, 3.8) is 0 Å². The quantitative estimate of drug-likeness (QED) is 0.741. The molecule has 1 spiro atoms. The highest BCUT2D eigenvalue weighted by molar-refractivity contribution is 6.07. The molecular formula is C14H15NO2. The topological polar surface area (TPSA) is 46.2 Å². The maximum atomic E-state index is 12.2. The molecule has 1 aromatic rings. The van der Waals surface area contributed by atoms with Crippen molar-refractivity contribution >= 4 is 17.4 Å². The van der Waals surface area contributed by atoms with E-state index in [9.17, 15) is 9.59 Å². The summed E-state index contributed by atoms with van der Waals surface area (Å²) in [6, 6.07) is 7.83. The molecule has 1 aliphatic heterocycles. The Bertz CT molecular complexity index is 509. The zero-order chi connectivity index (χ0) is 12.0. The van der Waals surface area contributed by atoms with Crippen LogP contribution in [0.5, 0.6) is 0 Å². The number of carbonyl (C=O) groups is 2. The summed E-state index contributed by atoms with van der Waals surface area (Å²) >= 11 is 0. The third kappa shape index (κ3) is 1.35. The van der Waals surface area contributed by atoms with E-state index < -0.39 is 5.41 Å². The number of rotatable bonds is 0. The van der Waals surface area contributed by atoms with E-state index in [4.69, 9.17) is 0 Å². The number of hydrogen-bond acceptors (Lipinski definition) is 2. The standard InChI is InChI=1S/C14H15NO2/c1-9-8-14(7-6-12(9)16)10-4-2-3-5-11(10)15-13(14)17/h2-5,9H,6-8H2,1H3,(H,15,17). The summed E-state index contributed by atoms with van der Waals surface area (Å²) in [5.41, 5.74) is 1.53. The van der Waals surface area contributed by atoms with Gasteiger partial charge >= 0.3 is 0 Å². The number of benzene rings is 1. The molecule has 1 aliphatic carbocycles. The van der Waals surface area contributed by atoms with Gasteiger partial charge in [0.2, 0.25) is 5.91 Å². The van der Waals surface area contributed by atoms with E-state index in [-0.39, 0.29) is 17.6 Å². The second-order valence-corrected chi connectivity index (χ2v) is 5.15. The van der Waals surface area contributed by atoms with Crippen molar-refractivity contribution in [2.75, 3.05) is 5.32 Å². The lowest BCUT2D eigenvalue weighted by Gasteiger charge is -2.34. The van der Waals surface area contributed by atoms with Crippen LogP contribution in [0.25, 0.3) is 0 Å². The molecule has 0 radical (unpaired) electrons. The van der Waals surface area contributed by atoms with Crippen LogP contribution >= 0.6 is 0 Å². The molecule has 1 heterocycles. The first kappa shape index (κ1) is 10.5. The minimum atomic E-state index is -0.454. The van der Waals surface area contributed by atoms with E-state index in [1.165, 1.54) is 0 Å². The van der Waals surface area contributed by atoms with E-state index in [2.05, 4.69) is 5.32 Å². The summed E-state index contributed by atoms with van der Waals surface area (Å²) in [6.07, 6.45) is 1.82. The van der Waals surface area contributed by atoms with E-state index in [0.717, 1.165) is 11.3 Å². The molecule has 0 saturated heterocycles. The number of ketones is 1. The molecule has 1 fully saturated rings. The summed E-state index contributed by atoms with van der Waals surface area (Å²) < 4.78 is 0. The Morgan fingerprint density at radius 3 is 2.82 bits per heavy atom. The zero-order valence-electron chi connectivity index (χ0n) is 9.82. The van der Waals surface area contributed by atoms with E-state index in [1.807, 2.05) is 31.2 Å². The molecular weight excluding hydrogens is 214 g/mol. The average molecular weight is 229 g/mol. The van der Waals surface area contributed by atoms with Gasteiger partial charge in [0.25, 0.3) is 0 Å². The fourth-order valence-corrected chi connectivity index (χ4v) is 3.15. The third-order valence-corrected chi connectivity index (χ3v) is 4.13. The predicted molar refractivity (Wildman–Crippen MR) is 64.8 cm³/mol. The largest absolute Gasteiger partial charge is 0.325 e. The maximum absolute atomic E-state index is 12.2. The Morgan fingerprint density at radius 1 is 1.29 bits per heavy atom. The second kappa shape index (κ2) is 3.42. The number of Topliss-reactive ketones (excluding diaryl/α,β-unsaturated/α-hetero) is 1. The number of nitrogens with one attached hydrogen (secondary N) is 1. The maximum Gasteiger partial charge on any atom is 0.235 e. The van der Waals surface area contributed by atoms with Crippen LogP contribution < -0.4 is 5.32 Å². The van der Waals surface area contributed by atoms with Gasteiger partial charge in [0.05, 0.1) is 5.41 Å². The van der Waals surface area contributed by atoms with Gasteiger partial charge in [-0.25, -0.2) is 0 Å². The molecule has 0 aromatic heterocycles. The van der Waals surface area contributed by atoms with Crippen LogP contribution in [-0.4, -0.2) is 11.7 Å². The normalized spacial score (nSPS) is 31.5. The number of carbonyl (C=O) groups excluding carboxylic acids is 2. The highest BCUT2D eigenvalue weighted by Crippen LogP contribution is 2.47.